The second-order valence-corrected chi connectivity index (χ2v) is 10.6. The van der Waals surface area contributed by atoms with Crippen molar-refractivity contribution in [1.29, 1.82) is 0 Å². The molecule has 2 aromatic carbocycles. The van der Waals surface area contributed by atoms with E-state index in [0.29, 0.717) is 19.8 Å². The third kappa shape index (κ3) is 5.93. The number of carbonyl (C=O) groups is 1. The fraction of sp³-hybridized carbons (Fsp3) is 0.261. The minimum Gasteiger partial charge on any atom is -0.379 e. The fourth-order valence-corrected chi connectivity index (χ4v) is 5.85. The maximum Gasteiger partial charge on any atom is 0.261 e. The van der Waals surface area contributed by atoms with Gasteiger partial charge < -0.3 is 10.1 Å². The zero-order valence-electron chi connectivity index (χ0n) is 17.7. The molecule has 1 saturated heterocycles. The van der Waals surface area contributed by atoms with Gasteiger partial charge in [-0.25, -0.2) is 8.42 Å². The first kappa shape index (κ1) is 23.7. The monoisotopic (exact) mass is 505 g/mol. The minimum atomic E-state index is -3.91. The number of rotatable bonds is 8. The number of benzene rings is 2. The molecule has 1 aromatic heterocycles. The van der Waals surface area contributed by atoms with Gasteiger partial charge in [0.25, 0.3) is 15.9 Å². The normalized spacial score (nSPS) is 15.7. The van der Waals surface area contributed by atoms with Crippen molar-refractivity contribution in [3.8, 4) is 0 Å². The Morgan fingerprint density at radius 3 is 2.61 bits per heavy atom. The lowest BCUT2D eigenvalue weighted by Crippen LogP contribution is -2.43. The Kier molecular flexibility index (Phi) is 7.67. The largest absolute Gasteiger partial charge is 0.379 e. The highest BCUT2D eigenvalue weighted by Gasteiger charge is 2.24. The molecule has 1 amide bonds. The Bertz CT molecular complexity index is 1200. The Labute approximate surface area is 202 Å². The smallest absolute Gasteiger partial charge is 0.261 e. The number of nitrogens with one attached hydrogen (secondary N) is 2. The molecule has 0 bridgehead atoms. The molecule has 33 heavy (non-hydrogen) atoms. The fourth-order valence-electron chi connectivity index (χ4n) is 3.62. The molecule has 0 aliphatic carbocycles. The van der Waals surface area contributed by atoms with Crippen LogP contribution in [-0.2, 0) is 14.8 Å². The highest BCUT2D eigenvalue weighted by Crippen LogP contribution is 2.26. The minimum absolute atomic E-state index is 0.0157. The zero-order valence-corrected chi connectivity index (χ0v) is 20.1. The molecule has 174 valence electrons. The quantitative estimate of drug-likeness (QED) is 0.483. The number of para-hydroxylation sites is 1. The molecular formula is C23H24ClN3O4S2. The standard InChI is InChI=1S/C23H24ClN3O4S2/c24-19-7-1-2-8-20(19)26-33(29,30)18-6-3-5-17(15-18)23(28)25-16-21(22-9-4-14-32-22)27-10-12-31-13-11-27/h1-9,14-15,21,26H,10-13,16H2,(H,25,28)/t21-/m0/s1. The molecule has 1 fully saturated rings. The van der Waals surface area contributed by atoms with Crippen LogP contribution in [-0.4, -0.2) is 52.1 Å². The summed E-state index contributed by atoms with van der Waals surface area (Å²) >= 11 is 7.72. The van der Waals surface area contributed by atoms with Gasteiger partial charge in [0.1, 0.15) is 0 Å². The lowest BCUT2D eigenvalue weighted by atomic mass is 10.1. The van der Waals surface area contributed by atoms with Crippen molar-refractivity contribution in [2.75, 3.05) is 37.6 Å². The molecule has 1 aliphatic rings. The van der Waals surface area contributed by atoms with Crippen LogP contribution in [0.25, 0.3) is 0 Å². The van der Waals surface area contributed by atoms with Crippen LogP contribution in [0, 0.1) is 0 Å². The van der Waals surface area contributed by atoms with Gasteiger partial charge in [0.2, 0.25) is 0 Å². The van der Waals surface area contributed by atoms with E-state index in [4.69, 9.17) is 16.3 Å². The Morgan fingerprint density at radius 2 is 1.88 bits per heavy atom. The van der Waals surface area contributed by atoms with E-state index in [9.17, 15) is 13.2 Å². The number of hydrogen-bond acceptors (Lipinski definition) is 6. The van der Waals surface area contributed by atoms with Crippen LogP contribution in [0.4, 0.5) is 5.69 Å². The molecular weight excluding hydrogens is 482 g/mol. The van der Waals surface area contributed by atoms with Crippen LogP contribution in [0.2, 0.25) is 5.02 Å². The van der Waals surface area contributed by atoms with Crippen LogP contribution in [0.1, 0.15) is 21.3 Å². The number of nitrogens with zero attached hydrogens (tertiary/aromatic N) is 1. The van der Waals surface area contributed by atoms with Crippen molar-refractivity contribution in [2.24, 2.45) is 0 Å². The van der Waals surface area contributed by atoms with Crippen molar-refractivity contribution in [2.45, 2.75) is 10.9 Å². The van der Waals surface area contributed by atoms with Gasteiger partial charge in [-0.05, 0) is 41.8 Å². The Balaban J connectivity index is 1.47. The van der Waals surface area contributed by atoms with Crippen molar-refractivity contribution in [3.05, 3.63) is 81.5 Å². The van der Waals surface area contributed by atoms with E-state index >= 15 is 0 Å². The summed E-state index contributed by atoms with van der Waals surface area (Å²) in [5, 5.41) is 5.28. The van der Waals surface area contributed by atoms with Crippen molar-refractivity contribution in [3.63, 3.8) is 0 Å². The highest BCUT2D eigenvalue weighted by atomic mass is 35.5. The first-order chi connectivity index (χ1) is 15.9. The van der Waals surface area contributed by atoms with E-state index in [1.807, 2.05) is 11.4 Å². The van der Waals surface area contributed by atoms with E-state index in [2.05, 4.69) is 21.0 Å². The van der Waals surface area contributed by atoms with E-state index in [-0.39, 0.29) is 33.1 Å². The molecule has 2 N–H and O–H groups in total. The molecule has 0 saturated carbocycles. The van der Waals surface area contributed by atoms with E-state index < -0.39 is 10.0 Å². The third-order valence-electron chi connectivity index (χ3n) is 5.34. The Hall–Kier alpha value is -2.43. The average molecular weight is 506 g/mol. The summed E-state index contributed by atoms with van der Waals surface area (Å²) in [6.07, 6.45) is 0. The number of amides is 1. The van der Waals surface area contributed by atoms with E-state index in [1.165, 1.54) is 12.1 Å². The highest BCUT2D eigenvalue weighted by molar-refractivity contribution is 7.92. The summed E-state index contributed by atoms with van der Waals surface area (Å²) in [4.78, 5) is 16.4. The van der Waals surface area contributed by atoms with E-state index in [1.54, 1.807) is 47.7 Å². The first-order valence-electron chi connectivity index (χ1n) is 10.4. The molecule has 0 spiro atoms. The third-order valence-corrected chi connectivity index (χ3v) is 8.01. The van der Waals surface area contributed by atoms with Gasteiger partial charge >= 0.3 is 0 Å². The van der Waals surface area contributed by atoms with Gasteiger partial charge in [0, 0.05) is 30.1 Å². The number of thiophene rings is 1. The van der Waals surface area contributed by atoms with Crippen LogP contribution < -0.4 is 10.0 Å². The summed E-state index contributed by atoms with van der Waals surface area (Å²) in [6.45, 7) is 3.32. The summed E-state index contributed by atoms with van der Waals surface area (Å²) in [7, 11) is -3.91. The number of sulfonamides is 1. The predicted octanol–water partition coefficient (Wildman–Crippen LogP) is 4.01. The van der Waals surface area contributed by atoms with Gasteiger partial charge in [0.05, 0.1) is 34.9 Å². The second kappa shape index (κ2) is 10.7. The van der Waals surface area contributed by atoms with Gasteiger partial charge in [-0.3, -0.25) is 14.4 Å². The number of morpholine rings is 1. The van der Waals surface area contributed by atoms with Gasteiger partial charge in [-0.15, -0.1) is 11.3 Å². The number of hydrogen-bond donors (Lipinski definition) is 2. The molecule has 2 heterocycles. The first-order valence-corrected chi connectivity index (χ1v) is 13.2. The van der Waals surface area contributed by atoms with Gasteiger partial charge in [-0.1, -0.05) is 35.9 Å². The lowest BCUT2D eigenvalue weighted by Gasteiger charge is -2.34. The summed E-state index contributed by atoms with van der Waals surface area (Å²) < 4.78 is 33.6. The molecule has 0 radical (unpaired) electrons. The zero-order chi connectivity index (χ0) is 23.3. The molecule has 1 atom stereocenters. The maximum atomic E-state index is 12.9. The lowest BCUT2D eigenvalue weighted by molar-refractivity contribution is 0.0169. The molecule has 0 unspecified atom stereocenters. The van der Waals surface area contributed by atoms with E-state index in [0.717, 1.165) is 18.0 Å². The second-order valence-electron chi connectivity index (χ2n) is 7.50. The number of carbonyl (C=O) groups excluding carboxylic acids is 1. The molecule has 7 nitrogen and oxygen atoms in total. The van der Waals surface area contributed by atoms with Crippen LogP contribution in [0.5, 0.6) is 0 Å². The molecule has 1 aliphatic heterocycles. The predicted molar refractivity (Wildman–Crippen MR) is 130 cm³/mol. The van der Waals surface area contributed by atoms with Crippen molar-refractivity contribution >= 4 is 44.6 Å². The topological polar surface area (TPSA) is 87.7 Å². The summed E-state index contributed by atoms with van der Waals surface area (Å²) in [5.74, 6) is -0.334. The van der Waals surface area contributed by atoms with Gasteiger partial charge in [0.15, 0.2) is 0 Å². The van der Waals surface area contributed by atoms with Crippen LogP contribution >= 0.6 is 22.9 Å². The summed E-state index contributed by atoms with van der Waals surface area (Å²) in [5.41, 5.74) is 0.544. The number of anilines is 1. The Morgan fingerprint density at radius 1 is 1.09 bits per heavy atom. The molecule has 3 aromatic rings. The van der Waals surface area contributed by atoms with Crippen molar-refractivity contribution < 1.29 is 17.9 Å². The van der Waals surface area contributed by atoms with Crippen LogP contribution in [0.3, 0.4) is 0 Å². The van der Waals surface area contributed by atoms with Gasteiger partial charge in [-0.2, -0.15) is 0 Å². The SMILES string of the molecule is O=C(NC[C@@H](c1cccs1)N1CCOCC1)c1cccc(S(=O)(=O)Nc2ccccc2Cl)c1. The number of halogens is 1. The van der Waals surface area contributed by atoms with Crippen LogP contribution in [0.15, 0.2) is 70.9 Å². The molecule has 10 heteroatoms. The molecule has 4 rings (SSSR count). The summed E-state index contributed by atoms with van der Waals surface area (Å²) in [6, 6.07) is 16.6. The van der Waals surface area contributed by atoms with Crippen molar-refractivity contribution in [1.82, 2.24) is 10.2 Å². The number of ether oxygens (including phenoxy) is 1. The average Bonchev–Trinajstić information content (AvgIpc) is 3.36. The maximum absolute atomic E-state index is 12.9.